The monoisotopic (exact) mass is 264 g/mol. The molecule has 2 aliphatic heterocycles. The van der Waals surface area contributed by atoms with Crippen molar-refractivity contribution in [3.63, 3.8) is 0 Å². The van der Waals surface area contributed by atoms with E-state index in [1.807, 2.05) is 4.90 Å². The van der Waals surface area contributed by atoms with Crippen LogP contribution in [0, 0.1) is 11.8 Å². The van der Waals surface area contributed by atoms with Crippen molar-refractivity contribution >= 4 is 11.8 Å². The summed E-state index contributed by atoms with van der Waals surface area (Å²) in [6.07, 6.45) is 8.31. The quantitative estimate of drug-likeness (QED) is 0.840. The summed E-state index contributed by atoms with van der Waals surface area (Å²) in [5, 5.41) is 2.94. The van der Waals surface area contributed by atoms with E-state index in [-0.39, 0.29) is 17.9 Å². The van der Waals surface area contributed by atoms with Crippen LogP contribution in [-0.4, -0.2) is 35.8 Å². The van der Waals surface area contributed by atoms with Crippen molar-refractivity contribution in [2.75, 3.05) is 13.1 Å². The Hall–Kier alpha value is -1.06. The molecule has 2 heterocycles. The summed E-state index contributed by atoms with van der Waals surface area (Å²) in [5.74, 6) is 2.04. The molecule has 0 bridgehead atoms. The predicted octanol–water partition coefficient (Wildman–Crippen LogP) is 1.69. The standard InChI is InChI=1S/C15H24N2O2/c18-14-3-1-2-13(16-14)9-15(19)17-7-6-12(10-17)8-11-4-5-11/h11-13H,1-10H2,(H,16,18). The third kappa shape index (κ3) is 3.48. The fraction of sp³-hybridized carbons (Fsp3) is 0.867. The van der Waals surface area contributed by atoms with Gasteiger partial charge in [0.2, 0.25) is 11.8 Å². The first-order valence-corrected chi connectivity index (χ1v) is 7.78. The number of hydrogen-bond acceptors (Lipinski definition) is 2. The fourth-order valence-corrected chi connectivity index (χ4v) is 3.45. The molecule has 0 aromatic rings. The molecule has 2 atom stereocenters. The number of likely N-dealkylation sites (tertiary alicyclic amines) is 1. The second kappa shape index (κ2) is 5.51. The third-order valence-electron chi connectivity index (χ3n) is 4.74. The molecule has 0 aromatic heterocycles. The lowest BCUT2D eigenvalue weighted by Crippen LogP contribution is -2.42. The average Bonchev–Trinajstić information content (AvgIpc) is 3.05. The van der Waals surface area contributed by atoms with Gasteiger partial charge < -0.3 is 10.2 Å². The summed E-state index contributed by atoms with van der Waals surface area (Å²) in [4.78, 5) is 25.6. The van der Waals surface area contributed by atoms with Gasteiger partial charge in [0.05, 0.1) is 0 Å². The number of hydrogen-bond donors (Lipinski definition) is 1. The Kier molecular flexibility index (Phi) is 3.76. The minimum absolute atomic E-state index is 0.0798. The fourth-order valence-electron chi connectivity index (χ4n) is 3.45. The molecular formula is C15H24N2O2. The second-order valence-corrected chi connectivity index (χ2v) is 6.53. The van der Waals surface area contributed by atoms with Crippen molar-refractivity contribution in [3.8, 4) is 0 Å². The molecule has 1 saturated carbocycles. The van der Waals surface area contributed by atoms with Crippen molar-refractivity contribution < 1.29 is 9.59 Å². The molecule has 19 heavy (non-hydrogen) atoms. The van der Waals surface area contributed by atoms with E-state index in [0.29, 0.717) is 12.8 Å². The zero-order valence-electron chi connectivity index (χ0n) is 11.6. The van der Waals surface area contributed by atoms with Crippen LogP contribution in [0.4, 0.5) is 0 Å². The van der Waals surface area contributed by atoms with E-state index < -0.39 is 0 Å². The Morgan fingerprint density at radius 1 is 1.21 bits per heavy atom. The first-order valence-electron chi connectivity index (χ1n) is 7.78. The normalized spacial score (nSPS) is 31.4. The molecule has 0 aromatic carbocycles. The lowest BCUT2D eigenvalue weighted by molar-refractivity contribution is -0.131. The summed E-state index contributed by atoms with van der Waals surface area (Å²) in [7, 11) is 0. The highest BCUT2D eigenvalue weighted by molar-refractivity contribution is 5.80. The lowest BCUT2D eigenvalue weighted by atomic mass is 10.0. The molecule has 2 saturated heterocycles. The van der Waals surface area contributed by atoms with Gasteiger partial charge in [0, 0.05) is 32.0 Å². The zero-order chi connectivity index (χ0) is 13.2. The summed E-state index contributed by atoms with van der Waals surface area (Å²) in [6.45, 7) is 1.88. The van der Waals surface area contributed by atoms with Crippen LogP contribution in [0.2, 0.25) is 0 Å². The van der Waals surface area contributed by atoms with Gasteiger partial charge in [-0.25, -0.2) is 0 Å². The largest absolute Gasteiger partial charge is 0.353 e. The Labute approximate surface area is 114 Å². The second-order valence-electron chi connectivity index (χ2n) is 6.53. The summed E-state index contributed by atoms with van der Waals surface area (Å²) < 4.78 is 0. The van der Waals surface area contributed by atoms with Gasteiger partial charge in [0.15, 0.2) is 0 Å². The molecule has 3 aliphatic rings. The molecule has 4 heteroatoms. The molecule has 0 radical (unpaired) electrons. The van der Waals surface area contributed by atoms with Crippen LogP contribution in [0.3, 0.4) is 0 Å². The molecule has 3 rings (SSSR count). The first kappa shape index (κ1) is 12.9. The number of piperidine rings is 1. The van der Waals surface area contributed by atoms with E-state index in [4.69, 9.17) is 0 Å². The molecule has 1 aliphatic carbocycles. The van der Waals surface area contributed by atoms with Crippen LogP contribution in [0.15, 0.2) is 0 Å². The molecule has 0 spiro atoms. The van der Waals surface area contributed by atoms with Gasteiger partial charge in [-0.3, -0.25) is 9.59 Å². The highest BCUT2D eigenvalue weighted by Gasteiger charge is 2.32. The molecule has 2 amide bonds. The van der Waals surface area contributed by atoms with E-state index in [2.05, 4.69) is 5.32 Å². The van der Waals surface area contributed by atoms with Crippen LogP contribution in [0.1, 0.15) is 51.4 Å². The highest BCUT2D eigenvalue weighted by Crippen LogP contribution is 2.38. The van der Waals surface area contributed by atoms with Crippen LogP contribution >= 0.6 is 0 Å². The van der Waals surface area contributed by atoms with Crippen molar-refractivity contribution in [2.24, 2.45) is 11.8 Å². The minimum Gasteiger partial charge on any atom is -0.353 e. The molecule has 106 valence electrons. The van der Waals surface area contributed by atoms with Crippen molar-refractivity contribution in [2.45, 2.75) is 57.4 Å². The van der Waals surface area contributed by atoms with Crippen LogP contribution in [-0.2, 0) is 9.59 Å². The Balaban J connectivity index is 1.43. The maximum atomic E-state index is 12.2. The van der Waals surface area contributed by atoms with E-state index in [1.54, 1.807) is 0 Å². The van der Waals surface area contributed by atoms with Crippen LogP contribution in [0.5, 0.6) is 0 Å². The maximum absolute atomic E-state index is 12.2. The molecule has 2 unspecified atom stereocenters. The summed E-state index contributed by atoms with van der Waals surface area (Å²) >= 11 is 0. The predicted molar refractivity (Wildman–Crippen MR) is 72.4 cm³/mol. The Morgan fingerprint density at radius 2 is 2.05 bits per heavy atom. The number of rotatable bonds is 4. The van der Waals surface area contributed by atoms with E-state index in [1.165, 1.54) is 25.7 Å². The maximum Gasteiger partial charge on any atom is 0.224 e. The third-order valence-corrected chi connectivity index (χ3v) is 4.74. The number of nitrogens with one attached hydrogen (secondary N) is 1. The van der Waals surface area contributed by atoms with Crippen molar-refractivity contribution in [3.05, 3.63) is 0 Å². The number of nitrogens with zero attached hydrogens (tertiary/aromatic N) is 1. The smallest absolute Gasteiger partial charge is 0.224 e. The van der Waals surface area contributed by atoms with Gasteiger partial charge >= 0.3 is 0 Å². The highest BCUT2D eigenvalue weighted by atomic mass is 16.2. The van der Waals surface area contributed by atoms with Gasteiger partial charge in [0.1, 0.15) is 0 Å². The number of amides is 2. The van der Waals surface area contributed by atoms with Crippen molar-refractivity contribution in [1.29, 1.82) is 0 Å². The molecular weight excluding hydrogens is 240 g/mol. The van der Waals surface area contributed by atoms with Gasteiger partial charge in [-0.15, -0.1) is 0 Å². The molecule has 1 N–H and O–H groups in total. The van der Waals surface area contributed by atoms with E-state index in [0.717, 1.165) is 37.8 Å². The van der Waals surface area contributed by atoms with Crippen LogP contribution in [0.25, 0.3) is 0 Å². The van der Waals surface area contributed by atoms with Gasteiger partial charge in [-0.1, -0.05) is 12.8 Å². The number of carbonyl (C=O) groups is 2. The van der Waals surface area contributed by atoms with Gasteiger partial charge in [-0.2, -0.15) is 0 Å². The Morgan fingerprint density at radius 3 is 2.79 bits per heavy atom. The molecule has 4 nitrogen and oxygen atoms in total. The van der Waals surface area contributed by atoms with Gasteiger partial charge in [-0.05, 0) is 37.5 Å². The van der Waals surface area contributed by atoms with Crippen LogP contribution < -0.4 is 5.32 Å². The summed E-state index contributed by atoms with van der Waals surface area (Å²) in [5.41, 5.74) is 0. The SMILES string of the molecule is O=C1CCCC(CC(=O)N2CCC(CC3CC3)C2)N1. The summed E-state index contributed by atoms with van der Waals surface area (Å²) in [6, 6.07) is 0.0798. The first-order chi connectivity index (χ1) is 9.20. The topological polar surface area (TPSA) is 49.4 Å². The minimum atomic E-state index is 0.0798. The van der Waals surface area contributed by atoms with E-state index in [9.17, 15) is 9.59 Å². The zero-order valence-corrected chi connectivity index (χ0v) is 11.6. The number of carbonyl (C=O) groups excluding carboxylic acids is 2. The van der Waals surface area contributed by atoms with Gasteiger partial charge in [0.25, 0.3) is 0 Å². The lowest BCUT2D eigenvalue weighted by Gasteiger charge is -2.25. The Bertz CT molecular complexity index is 365. The molecule has 3 fully saturated rings. The van der Waals surface area contributed by atoms with Crippen molar-refractivity contribution in [1.82, 2.24) is 10.2 Å². The average molecular weight is 264 g/mol. The van der Waals surface area contributed by atoms with E-state index >= 15 is 0 Å².